The maximum atomic E-state index is 14.0. The van der Waals surface area contributed by atoms with Crippen molar-refractivity contribution in [2.24, 2.45) is 5.92 Å². The highest BCUT2D eigenvalue weighted by Gasteiger charge is 2.39. The van der Waals surface area contributed by atoms with Gasteiger partial charge in [-0.05, 0) is 49.6 Å². The molecule has 2 aliphatic heterocycles. The number of hydrogen-bond donors (Lipinski definition) is 3. The molecule has 0 aromatic heterocycles. The third kappa shape index (κ3) is 8.02. The highest BCUT2D eigenvalue weighted by atomic mass is 32.2. The summed E-state index contributed by atoms with van der Waals surface area (Å²) in [6, 6.07) is 6.62. The third-order valence-corrected chi connectivity index (χ3v) is 9.84. The molecule has 0 radical (unpaired) electrons. The number of rotatable bonds is 12. The molecule has 2 aromatic rings. The Morgan fingerprint density at radius 3 is 2.42 bits per heavy atom. The van der Waals surface area contributed by atoms with Crippen LogP contribution in [-0.2, 0) is 26.0 Å². The van der Waals surface area contributed by atoms with Crippen molar-refractivity contribution in [1.29, 1.82) is 0 Å². The minimum atomic E-state index is -3.98. The van der Waals surface area contributed by atoms with Crippen molar-refractivity contribution in [2.75, 3.05) is 32.7 Å². The topological polar surface area (TPSA) is 136 Å². The number of piperazine rings is 1. The van der Waals surface area contributed by atoms with Crippen LogP contribution >= 0.6 is 0 Å². The zero-order chi connectivity index (χ0) is 31.3. The van der Waals surface area contributed by atoms with Crippen LogP contribution in [0.25, 0.3) is 0 Å². The number of Topliss-reactive ketones (excluding diaryl/α,β-unsaturated/α-hetero) is 1. The number of hydrogen-bond acceptors (Lipinski definition) is 7. The lowest BCUT2D eigenvalue weighted by Gasteiger charge is -2.38. The van der Waals surface area contributed by atoms with Crippen LogP contribution in [0.1, 0.15) is 49.0 Å². The van der Waals surface area contributed by atoms with Crippen LogP contribution in [0.4, 0.5) is 8.78 Å². The van der Waals surface area contributed by atoms with Gasteiger partial charge in [-0.25, -0.2) is 17.2 Å². The highest BCUT2D eigenvalue weighted by Crippen LogP contribution is 2.23. The van der Waals surface area contributed by atoms with Gasteiger partial charge in [0.15, 0.2) is 5.78 Å². The minimum Gasteiger partial charge on any atom is -0.389 e. The van der Waals surface area contributed by atoms with Crippen molar-refractivity contribution in [3.05, 3.63) is 65.2 Å². The Labute approximate surface area is 250 Å². The summed E-state index contributed by atoms with van der Waals surface area (Å²) in [7, 11) is -3.98. The second-order valence-electron chi connectivity index (χ2n) is 11.2. The summed E-state index contributed by atoms with van der Waals surface area (Å²) in [4.78, 5) is 39.0. The Bertz CT molecular complexity index is 1420. The molecule has 0 spiro atoms. The number of carbonyl (C=O) groups is 3. The largest absolute Gasteiger partial charge is 0.389 e. The summed E-state index contributed by atoms with van der Waals surface area (Å²) in [6.07, 6.45) is 0.216. The standard InChI is InChI=1S/C30H38F2N4O6S/c1-3-4-10-35-17-22(15-28(35)38)30(40)34-26(14-20-12-23(31)16-24(32)13-20)29(39)27-18-36(11-9-33-27)43(41,42)25-7-5-21(6-8-25)19(2)37/h5-8,12-13,16,22,26-27,29,33,39H,3-4,9-11,14-15,17-18H2,1-2H3,(H,34,40)/t22?,26?,27-,29+/m1/s1. The minimum absolute atomic E-state index is 0.00810. The van der Waals surface area contributed by atoms with Gasteiger partial charge in [-0.2, -0.15) is 4.31 Å². The SMILES string of the molecule is CCCCN1CC(C(=O)NC(Cc2cc(F)cc(F)c2)[C@H](O)[C@H]2CN(S(=O)(=O)c3ccc(C(C)=O)cc3)CCN2)CC1=O. The monoisotopic (exact) mass is 620 g/mol. The predicted octanol–water partition coefficient (Wildman–Crippen LogP) is 1.87. The van der Waals surface area contributed by atoms with Gasteiger partial charge in [-0.15, -0.1) is 0 Å². The van der Waals surface area contributed by atoms with E-state index in [1.807, 2.05) is 6.92 Å². The Kier molecular flexibility index (Phi) is 10.6. The van der Waals surface area contributed by atoms with Crippen LogP contribution in [0.5, 0.6) is 0 Å². The van der Waals surface area contributed by atoms with Gasteiger partial charge < -0.3 is 20.6 Å². The fraction of sp³-hybridized carbons (Fsp3) is 0.500. The van der Waals surface area contributed by atoms with Gasteiger partial charge in [0.25, 0.3) is 0 Å². The first-order valence-corrected chi connectivity index (χ1v) is 15.9. The molecule has 2 saturated heterocycles. The third-order valence-electron chi connectivity index (χ3n) is 7.96. The highest BCUT2D eigenvalue weighted by molar-refractivity contribution is 7.89. The molecule has 2 amide bonds. The van der Waals surface area contributed by atoms with Gasteiger partial charge in [-0.1, -0.05) is 25.5 Å². The summed E-state index contributed by atoms with van der Waals surface area (Å²) in [5.74, 6) is -3.09. The Balaban J connectivity index is 1.53. The second-order valence-corrected chi connectivity index (χ2v) is 13.1. The molecule has 3 N–H and O–H groups in total. The van der Waals surface area contributed by atoms with Crippen LogP contribution in [0.3, 0.4) is 0 Å². The van der Waals surface area contributed by atoms with E-state index in [0.717, 1.165) is 31.0 Å². The average Bonchev–Trinajstić information content (AvgIpc) is 3.35. The van der Waals surface area contributed by atoms with Gasteiger partial charge in [0.1, 0.15) is 11.6 Å². The molecule has 13 heteroatoms. The van der Waals surface area contributed by atoms with E-state index in [1.165, 1.54) is 35.5 Å². The number of carbonyl (C=O) groups excluding carboxylic acids is 3. The first kappa shape index (κ1) is 32.6. The molecule has 2 heterocycles. The maximum absolute atomic E-state index is 14.0. The molecule has 2 aromatic carbocycles. The Morgan fingerprint density at radius 1 is 1.12 bits per heavy atom. The zero-order valence-corrected chi connectivity index (χ0v) is 25.1. The number of amides is 2. The summed E-state index contributed by atoms with van der Waals surface area (Å²) < 4.78 is 56.0. The van der Waals surface area contributed by atoms with Gasteiger partial charge in [0.05, 0.1) is 23.0 Å². The molecule has 2 aliphatic rings. The fourth-order valence-corrected chi connectivity index (χ4v) is 7.01. The first-order valence-electron chi connectivity index (χ1n) is 14.4. The van der Waals surface area contributed by atoms with E-state index in [4.69, 9.17) is 0 Å². The molecular weight excluding hydrogens is 582 g/mol. The molecule has 4 rings (SSSR count). The smallest absolute Gasteiger partial charge is 0.243 e. The van der Waals surface area contributed by atoms with E-state index in [2.05, 4.69) is 10.6 Å². The van der Waals surface area contributed by atoms with E-state index in [-0.39, 0.29) is 61.2 Å². The normalized spacial score (nSPS) is 21.0. The maximum Gasteiger partial charge on any atom is 0.243 e. The number of ketones is 1. The Morgan fingerprint density at radius 2 is 1.79 bits per heavy atom. The fourth-order valence-electron chi connectivity index (χ4n) is 5.54. The first-order chi connectivity index (χ1) is 20.4. The van der Waals surface area contributed by atoms with Crippen LogP contribution < -0.4 is 10.6 Å². The summed E-state index contributed by atoms with van der Waals surface area (Å²) in [5.41, 5.74) is 0.567. The number of sulfonamides is 1. The van der Waals surface area contributed by atoms with Crippen LogP contribution in [-0.4, -0.2) is 91.2 Å². The van der Waals surface area contributed by atoms with Gasteiger partial charge in [0.2, 0.25) is 21.8 Å². The molecule has 2 unspecified atom stereocenters. The number of aliphatic hydroxyl groups is 1. The van der Waals surface area contributed by atoms with Crippen LogP contribution in [0, 0.1) is 17.6 Å². The molecule has 234 valence electrons. The van der Waals surface area contributed by atoms with Crippen molar-refractivity contribution < 1.29 is 36.7 Å². The number of unbranched alkanes of at least 4 members (excludes halogenated alkanes) is 1. The van der Waals surface area contributed by atoms with Crippen molar-refractivity contribution in [1.82, 2.24) is 19.8 Å². The van der Waals surface area contributed by atoms with Crippen LogP contribution in [0.2, 0.25) is 0 Å². The molecular formula is C30H38F2N4O6S. The lowest BCUT2D eigenvalue weighted by Crippen LogP contribution is -2.62. The summed E-state index contributed by atoms with van der Waals surface area (Å²) in [6.45, 7) is 4.33. The molecule has 43 heavy (non-hydrogen) atoms. The number of nitrogens with one attached hydrogen (secondary N) is 2. The van der Waals surface area contributed by atoms with Crippen LogP contribution in [0.15, 0.2) is 47.4 Å². The predicted molar refractivity (Wildman–Crippen MR) is 155 cm³/mol. The quantitative estimate of drug-likeness (QED) is 0.308. The zero-order valence-electron chi connectivity index (χ0n) is 24.3. The molecule has 10 nitrogen and oxygen atoms in total. The van der Waals surface area contributed by atoms with E-state index in [9.17, 15) is 36.7 Å². The van der Waals surface area contributed by atoms with E-state index < -0.39 is 51.7 Å². The van der Waals surface area contributed by atoms with Crippen molar-refractivity contribution >= 4 is 27.6 Å². The van der Waals surface area contributed by atoms with Gasteiger partial charge in [-0.3, -0.25) is 14.4 Å². The Hall–Kier alpha value is -3.26. The molecule has 4 atom stereocenters. The van der Waals surface area contributed by atoms with Gasteiger partial charge in [0, 0.05) is 56.8 Å². The molecule has 0 saturated carbocycles. The number of nitrogens with zero attached hydrogens (tertiary/aromatic N) is 2. The van der Waals surface area contributed by atoms with E-state index in [0.29, 0.717) is 12.1 Å². The average molecular weight is 621 g/mol. The number of benzene rings is 2. The van der Waals surface area contributed by atoms with E-state index in [1.54, 1.807) is 4.90 Å². The summed E-state index contributed by atoms with van der Waals surface area (Å²) >= 11 is 0. The molecule has 2 fully saturated rings. The lowest BCUT2D eigenvalue weighted by molar-refractivity contribution is -0.129. The van der Waals surface area contributed by atoms with Crippen molar-refractivity contribution in [3.8, 4) is 0 Å². The van der Waals surface area contributed by atoms with E-state index >= 15 is 0 Å². The molecule has 0 bridgehead atoms. The molecule has 0 aliphatic carbocycles. The number of aliphatic hydroxyl groups excluding tert-OH is 1. The van der Waals surface area contributed by atoms with Crippen molar-refractivity contribution in [2.45, 2.75) is 62.6 Å². The second kappa shape index (κ2) is 14.0. The van der Waals surface area contributed by atoms with Crippen molar-refractivity contribution in [3.63, 3.8) is 0 Å². The van der Waals surface area contributed by atoms with Gasteiger partial charge >= 0.3 is 0 Å². The number of halogens is 2. The lowest BCUT2D eigenvalue weighted by atomic mass is 9.94. The number of likely N-dealkylation sites (tertiary alicyclic amines) is 1. The summed E-state index contributed by atoms with van der Waals surface area (Å²) in [5, 5.41) is 17.4.